The number of aromatic nitrogens is 2. The predicted molar refractivity (Wildman–Crippen MR) is 132 cm³/mol. The number of hydrogen-bond donors (Lipinski definition) is 1. The average molecular weight is 433 g/mol. The van der Waals surface area contributed by atoms with E-state index in [1.54, 1.807) is 0 Å². The molecule has 0 aliphatic carbocycles. The molecule has 3 heterocycles. The van der Waals surface area contributed by atoms with Crippen LogP contribution in [0.3, 0.4) is 0 Å². The first-order valence-electron chi connectivity index (χ1n) is 11.2. The molecule has 0 radical (unpaired) electrons. The maximum absolute atomic E-state index is 5.80. The molecule has 1 fully saturated rings. The van der Waals surface area contributed by atoms with Crippen molar-refractivity contribution < 1.29 is 0 Å². The van der Waals surface area contributed by atoms with Gasteiger partial charge in [-0.1, -0.05) is 39.0 Å². The number of pyridine rings is 1. The molecule has 1 aromatic carbocycles. The van der Waals surface area contributed by atoms with Crippen LogP contribution in [0.1, 0.15) is 61.1 Å². The minimum Gasteiger partial charge on any atom is -0.352 e. The van der Waals surface area contributed by atoms with E-state index in [0.29, 0.717) is 5.92 Å². The van der Waals surface area contributed by atoms with Crippen LogP contribution in [-0.2, 0) is 6.42 Å². The Morgan fingerprint density at radius 2 is 1.84 bits per heavy atom. The van der Waals surface area contributed by atoms with Crippen LogP contribution < -0.4 is 5.32 Å². The van der Waals surface area contributed by atoms with Crippen molar-refractivity contribution >= 4 is 17.3 Å². The molecule has 1 N–H and O–H groups in total. The van der Waals surface area contributed by atoms with E-state index in [2.05, 4.69) is 90.8 Å². The van der Waals surface area contributed by atoms with Crippen molar-refractivity contribution in [3.8, 4) is 5.69 Å². The van der Waals surface area contributed by atoms with Crippen molar-refractivity contribution in [3.05, 3.63) is 82.9 Å². The molecule has 1 aliphatic rings. The Balaban J connectivity index is 1.81. The molecule has 5 heteroatoms. The van der Waals surface area contributed by atoms with Gasteiger partial charge in [0.05, 0.1) is 17.8 Å². The zero-order valence-electron chi connectivity index (χ0n) is 19.1. The molecular formula is C26H32N4S. The second kappa shape index (κ2) is 8.83. The fraction of sp³-hybridized carbons (Fsp3) is 0.385. The number of nitrogens with one attached hydrogen (secondary N) is 1. The fourth-order valence-electron chi connectivity index (χ4n) is 4.70. The minimum absolute atomic E-state index is 0.0314. The Kier molecular flexibility index (Phi) is 6.15. The van der Waals surface area contributed by atoms with E-state index in [1.165, 1.54) is 28.2 Å². The summed E-state index contributed by atoms with van der Waals surface area (Å²) in [5, 5.41) is 4.38. The van der Waals surface area contributed by atoms with Crippen molar-refractivity contribution in [1.29, 1.82) is 0 Å². The molecule has 2 aromatic heterocycles. The van der Waals surface area contributed by atoms with E-state index >= 15 is 0 Å². The van der Waals surface area contributed by atoms with E-state index < -0.39 is 0 Å². The Morgan fingerprint density at radius 1 is 1.10 bits per heavy atom. The molecule has 0 bridgehead atoms. The van der Waals surface area contributed by atoms with E-state index in [9.17, 15) is 0 Å². The third-order valence-corrected chi connectivity index (χ3v) is 6.50. The molecule has 0 unspecified atom stereocenters. The maximum Gasteiger partial charge on any atom is 0.170 e. The van der Waals surface area contributed by atoms with Crippen LogP contribution in [0.4, 0.5) is 0 Å². The van der Waals surface area contributed by atoms with Crippen molar-refractivity contribution in [2.45, 2.75) is 53.1 Å². The summed E-state index contributed by atoms with van der Waals surface area (Å²) in [6.45, 7) is 12.0. The van der Waals surface area contributed by atoms with Gasteiger partial charge in [-0.25, -0.2) is 0 Å². The fourth-order valence-corrected chi connectivity index (χ4v) is 5.01. The van der Waals surface area contributed by atoms with Crippen LogP contribution in [0.2, 0.25) is 0 Å². The lowest BCUT2D eigenvalue weighted by Gasteiger charge is -2.29. The summed E-state index contributed by atoms with van der Waals surface area (Å²) in [5.74, 6) is 0.509. The standard InChI is InChI=1S/C26H32N4S/c1-6-20-10-12-21(13-11-20)30-18(4)15-22(19(30)5)25-24(23-9-7-8-14-27-23)28-26(31)29(25)16-17(2)3/h7-15,17,24-25H,6,16H2,1-5H3,(H,28,31)/t24-,25-/m1/s1. The highest BCUT2D eigenvalue weighted by Crippen LogP contribution is 2.41. The van der Waals surface area contributed by atoms with Gasteiger partial charge in [-0.3, -0.25) is 4.98 Å². The van der Waals surface area contributed by atoms with Crippen LogP contribution in [0, 0.1) is 19.8 Å². The molecule has 4 rings (SSSR count). The molecule has 0 amide bonds. The lowest BCUT2D eigenvalue weighted by atomic mass is 9.96. The molecule has 1 saturated heterocycles. The normalized spacial score (nSPS) is 18.6. The van der Waals surface area contributed by atoms with Crippen LogP contribution >= 0.6 is 12.2 Å². The number of thiocarbonyl (C=S) groups is 1. The first kappa shape index (κ1) is 21.6. The van der Waals surface area contributed by atoms with Gasteiger partial charge in [-0.05, 0) is 79.9 Å². The van der Waals surface area contributed by atoms with Crippen molar-refractivity contribution in [3.63, 3.8) is 0 Å². The average Bonchev–Trinajstić information content (AvgIpc) is 3.24. The van der Waals surface area contributed by atoms with Gasteiger partial charge >= 0.3 is 0 Å². The van der Waals surface area contributed by atoms with Crippen LogP contribution in [0.15, 0.2) is 54.7 Å². The molecule has 1 aliphatic heterocycles. The zero-order valence-corrected chi connectivity index (χ0v) is 19.9. The summed E-state index contributed by atoms with van der Waals surface area (Å²) < 4.78 is 2.36. The van der Waals surface area contributed by atoms with E-state index in [0.717, 1.165) is 23.8 Å². The highest BCUT2D eigenvalue weighted by Gasteiger charge is 2.41. The van der Waals surface area contributed by atoms with Crippen molar-refractivity contribution in [1.82, 2.24) is 19.8 Å². The second-order valence-corrected chi connectivity index (χ2v) is 9.24. The van der Waals surface area contributed by atoms with Crippen LogP contribution in [0.5, 0.6) is 0 Å². The van der Waals surface area contributed by atoms with E-state index in [-0.39, 0.29) is 12.1 Å². The zero-order chi connectivity index (χ0) is 22.1. The van der Waals surface area contributed by atoms with Crippen LogP contribution in [0.25, 0.3) is 5.69 Å². The Hall–Kier alpha value is -2.66. The highest BCUT2D eigenvalue weighted by molar-refractivity contribution is 7.80. The SMILES string of the molecule is CCc1ccc(-n2c(C)cc([C@@H]3[C@@H](c4ccccn4)NC(=S)N3CC(C)C)c2C)cc1. The number of hydrogen-bond acceptors (Lipinski definition) is 2. The van der Waals surface area contributed by atoms with Gasteiger partial charge < -0.3 is 14.8 Å². The smallest absolute Gasteiger partial charge is 0.170 e. The molecule has 3 aromatic rings. The van der Waals surface area contributed by atoms with Crippen molar-refractivity contribution in [2.24, 2.45) is 5.92 Å². The summed E-state index contributed by atoms with van der Waals surface area (Å²) in [4.78, 5) is 7.02. The number of aryl methyl sites for hydroxylation is 2. The molecular weight excluding hydrogens is 400 g/mol. The molecule has 0 saturated carbocycles. The van der Waals surface area contributed by atoms with E-state index in [1.807, 2.05) is 18.3 Å². The molecule has 2 atom stereocenters. The maximum atomic E-state index is 5.80. The highest BCUT2D eigenvalue weighted by atomic mass is 32.1. The summed E-state index contributed by atoms with van der Waals surface area (Å²) in [6, 6.07) is 17.5. The van der Waals surface area contributed by atoms with Gasteiger partial charge in [0, 0.05) is 29.8 Å². The van der Waals surface area contributed by atoms with Gasteiger partial charge in [0.2, 0.25) is 0 Å². The largest absolute Gasteiger partial charge is 0.352 e. The first-order valence-corrected chi connectivity index (χ1v) is 11.6. The summed E-state index contributed by atoms with van der Waals surface area (Å²) in [5.41, 5.74) is 7.39. The third kappa shape index (κ3) is 4.11. The summed E-state index contributed by atoms with van der Waals surface area (Å²) in [7, 11) is 0. The number of rotatable bonds is 6. The molecule has 0 spiro atoms. The number of nitrogens with zero attached hydrogens (tertiary/aromatic N) is 3. The lowest BCUT2D eigenvalue weighted by molar-refractivity contribution is 0.287. The van der Waals surface area contributed by atoms with Gasteiger partial charge in [0.15, 0.2) is 5.11 Å². The van der Waals surface area contributed by atoms with Crippen LogP contribution in [-0.4, -0.2) is 26.1 Å². The minimum atomic E-state index is 0.0314. The Morgan fingerprint density at radius 3 is 2.45 bits per heavy atom. The Bertz CT molecular complexity index is 1050. The van der Waals surface area contributed by atoms with Gasteiger partial charge in [0.25, 0.3) is 0 Å². The topological polar surface area (TPSA) is 33.1 Å². The lowest BCUT2D eigenvalue weighted by Crippen LogP contribution is -2.33. The Labute approximate surface area is 191 Å². The van der Waals surface area contributed by atoms with Crippen molar-refractivity contribution in [2.75, 3.05) is 6.54 Å². The molecule has 31 heavy (non-hydrogen) atoms. The predicted octanol–water partition coefficient (Wildman–Crippen LogP) is 5.68. The molecule has 162 valence electrons. The number of benzene rings is 1. The van der Waals surface area contributed by atoms with E-state index in [4.69, 9.17) is 12.2 Å². The summed E-state index contributed by atoms with van der Waals surface area (Å²) in [6.07, 6.45) is 2.91. The first-order chi connectivity index (χ1) is 14.9. The second-order valence-electron chi connectivity index (χ2n) is 8.85. The quantitative estimate of drug-likeness (QED) is 0.508. The third-order valence-electron chi connectivity index (χ3n) is 6.15. The van der Waals surface area contributed by atoms with Gasteiger partial charge in [-0.2, -0.15) is 0 Å². The molecule has 4 nitrogen and oxygen atoms in total. The summed E-state index contributed by atoms with van der Waals surface area (Å²) >= 11 is 5.80. The van der Waals surface area contributed by atoms with Gasteiger partial charge in [-0.15, -0.1) is 0 Å². The monoisotopic (exact) mass is 432 g/mol. The van der Waals surface area contributed by atoms with Gasteiger partial charge in [0.1, 0.15) is 0 Å².